The molecule has 0 radical (unpaired) electrons. The van der Waals surface area contributed by atoms with Crippen molar-refractivity contribution in [3.05, 3.63) is 62.9 Å². The lowest BCUT2D eigenvalue weighted by Gasteiger charge is -2.23. The highest BCUT2D eigenvalue weighted by Crippen LogP contribution is 2.41. The molecule has 0 aliphatic carbocycles. The summed E-state index contributed by atoms with van der Waals surface area (Å²) in [5, 5.41) is 2.84. The van der Waals surface area contributed by atoms with Crippen molar-refractivity contribution < 1.29 is 18.7 Å². The molecular formula is C22H22ClFN2O3. The van der Waals surface area contributed by atoms with E-state index in [2.05, 4.69) is 5.32 Å². The third kappa shape index (κ3) is 3.35. The number of carbonyl (C=O) groups is 2. The summed E-state index contributed by atoms with van der Waals surface area (Å²) in [7, 11) is 1.46. The average molecular weight is 417 g/mol. The lowest BCUT2D eigenvalue weighted by Crippen LogP contribution is -2.33. The third-order valence-corrected chi connectivity index (χ3v) is 6.24. The summed E-state index contributed by atoms with van der Waals surface area (Å²) in [6, 6.07) is 6.44. The van der Waals surface area contributed by atoms with Gasteiger partial charge in [0.2, 0.25) is 0 Å². The topological polar surface area (TPSA) is 58.6 Å². The third-order valence-electron chi connectivity index (χ3n) is 5.79. The molecule has 2 aromatic carbocycles. The first kappa shape index (κ1) is 19.7. The van der Waals surface area contributed by atoms with E-state index >= 15 is 0 Å². The Morgan fingerprint density at radius 1 is 1.38 bits per heavy atom. The van der Waals surface area contributed by atoms with Gasteiger partial charge in [0, 0.05) is 19.5 Å². The van der Waals surface area contributed by atoms with Crippen LogP contribution in [0, 0.1) is 12.7 Å². The fourth-order valence-corrected chi connectivity index (χ4v) is 4.38. The van der Waals surface area contributed by atoms with Crippen molar-refractivity contribution in [2.45, 2.75) is 38.8 Å². The lowest BCUT2D eigenvalue weighted by atomic mass is 9.96. The van der Waals surface area contributed by atoms with Crippen molar-refractivity contribution in [2.24, 2.45) is 0 Å². The molecule has 1 fully saturated rings. The molecule has 2 amide bonds. The van der Waals surface area contributed by atoms with E-state index in [-0.39, 0.29) is 23.6 Å². The fourth-order valence-electron chi connectivity index (χ4n) is 4.11. The lowest BCUT2D eigenvalue weighted by molar-refractivity contribution is 0.0748. The molecule has 4 rings (SSSR count). The second-order valence-electron chi connectivity index (χ2n) is 7.70. The molecule has 152 valence electrons. The Labute approximate surface area is 173 Å². The van der Waals surface area contributed by atoms with Crippen molar-refractivity contribution in [3.63, 3.8) is 0 Å². The van der Waals surface area contributed by atoms with Crippen LogP contribution in [0.3, 0.4) is 0 Å². The molecule has 2 aromatic rings. The zero-order chi connectivity index (χ0) is 20.9. The van der Waals surface area contributed by atoms with E-state index in [1.165, 1.54) is 19.2 Å². The number of hydrogen-bond acceptors (Lipinski definition) is 3. The molecule has 0 unspecified atom stereocenters. The van der Waals surface area contributed by atoms with Crippen molar-refractivity contribution in [1.29, 1.82) is 0 Å². The van der Waals surface area contributed by atoms with Crippen LogP contribution in [0.15, 0.2) is 24.3 Å². The minimum atomic E-state index is -0.586. The summed E-state index contributed by atoms with van der Waals surface area (Å²) in [5.74, 6) is -0.702. The second-order valence-corrected chi connectivity index (χ2v) is 8.08. The maximum atomic E-state index is 14.3. The van der Waals surface area contributed by atoms with Crippen LogP contribution >= 0.6 is 11.6 Å². The molecule has 2 atom stereocenters. The molecule has 7 heteroatoms. The molecule has 2 bridgehead atoms. The summed E-state index contributed by atoms with van der Waals surface area (Å²) in [5.41, 5.74) is 2.76. The van der Waals surface area contributed by atoms with Gasteiger partial charge in [0.05, 0.1) is 22.7 Å². The molecule has 29 heavy (non-hydrogen) atoms. The van der Waals surface area contributed by atoms with Crippen LogP contribution in [0.5, 0.6) is 5.75 Å². The van der Waals surface area contributed by atoms with Crippen LogP contribution in [-0.2, 0) is 6.42 Å². The van der Waals surface area contributed by atoms with Gasteiger partial charge in [0.25, 0.3) is 11.8 Å². The summed E-state index contributed by atoms with van der Waals surface area (Å²) in [6.45, 7) is 4.44. The highest BCUT2D eigenvalue weighted by molar-refractivity contribution is 6.33. The van der Waals surface area contributed by atoms with Crippen molar-refractivity contribution in [1.82, 2.24) is 10.2 Å². The second kappa shape index (κ2) is 7.34. The summed E-state index contributed by atoms with van der Waals surface area (Å²) in [6.07, 6.45) is 1.12. The average Bonchev–Trinajstić information content (AvgIpc) is 3.00. The quantitative estimate of drug-likeness (QED) is 0.829. The van der Waals surface area contributed by atoms with E-state index in [1.807, 2.05) is 18.7 Å². The maximum absolute atomic E-state index is 14.3. The van der Waals surface area contributed by atoms with Crippen LogP contribution in [0.2, 0.25) is 5.02 Å². The van der Waals surface area contributed by atoms with Crippen LogP contribution in [0.25, 0.3) is 0 Å². The van der Waals surface area contributed by atoms with Gasteiger partial charge in [-0.1, -0.05) is 17.7 Å². The number of carbonyl (C=O) groups excluding carboxylic acids is 2. The molecule has 0 aromatic heterocycles. The molecule has 0 saturated carbocycles. The van der Waals surface area contributed by atoms with E-state index in [0.717, 1.165) is 17.5 Å². The first-order chi connectivity index (χ1) is 13.8. The highest BCUT2D eigenvalue weighted by atomic mass is 35.5. The van der Waals surface area contributed by atoms with Gasteiger partial charge in [-0.3, -0.25) is 9.59 Å². The van der Waals surface area contributed by atoms with Gasteiger partial charge in [0.15, 0.2) is 5.75 Å². The van der Waals surface area contributed by atoms with Crippen molar-refractivity contribution >= 4 is 23.4 Å². The Balaban J connectivity index is 1.71. The SMILES string of the molecule is CNC(=O)c1ccc(Cc2cc3c(c(Cl)c2C)O[C@H]2C[C@H](C)N(C2)C3=O)cc1F. The van der Waals surface area contributed by atoms with E-state index in [9.17, 15) is 14.0 Å². The van der Waals surface area contributed by atoms with E-state index in [0.29, 0.717) is 34.9 Å². The van der Waals surface area contributed by atoms with Gasteiger partial charge >= 0.3 is 0 Å². The van der Waals surface area contributed by atoms with E-state index in [1.54, 1.807) is 12.1 Å². The predicted molar refractivity (Wildman–Crippen MR) is 108 cm³/mol. The zero-order valence-electron chi connectivity index (χ0n) is 16.5. The van der Waals surface area contributed by atoms with Gasteiger partial charge < -0.3 is 15.0 Å². The largest absolute Gasteiger partial charge is 0.486 e. The molecular weight excluding hydrogens is 395 g/mol. The Morgan fingerprint density at radius 2 is 2.14 bits per heavy atom. The molecule has 0 spiro atoms. The van der Waals surface area contributed by atoms with Gasteiger partial charge in [-0.2, -0.15) is 0 Å². The Kier molecular flexibility index (Phi) is 4.99. The molecule has 1 saturated heterocycles. The Bertz CT molecular complexity index is 1020. The Morgan fingerprint density at radius 3 is 2.83 bits per heavy atom. The van der Waals surface area contributed by atoms with E-state index in [4.69, 9.17) is 16.3 Å². The van der Waals surface area contributed by atoms with E-state index < -0.39 is 11.7 Å². The van der Waals surface area contributed by atoms with Gasteiger partial charge in [0.1, 0.15) is 11.9 Å². The first-order valence-corrected chi connectivity index (χ1v) is 9.98. The number of hydrogen-bond donors (Lipinski definition) is 1. The van der Waals surface area contributed by atoms with Crippen molar-refractivity contribution in [3.8, 4) is 5.75 Å². The number of nitrogens with one attached hydrogen (secondary N) is 1. The van der Waals surface area contributed by atoms with Gasteiger partial charge in [-0.25, -0.2) is 4.39 Å². The summed E-state index contributed by atoms with van der Waals surface area (Å²) >= 11 is 6.59. The first-order valence-electron chi connectivity index (χ1n) is 9.60. The molecule has 5 nitrogen and oxygen atoms in total. The molecule has 2 aliphatic rings. The minimum absolute atomic E-state index is 0.00526. The van der Waals surface area contributed by atoms with Crippen LogP contribution < -0.4 is 10.1 Å². The summed E-state index contributed by atoms with van der Waals surface area (Å²) < 4.78 is 20.4. The standard InChI is InChI=1S/C22H22ClFN2O3/c1-11-6-15-10-26(11)22(28)17-9-14(12(2)19(23)20(17)29-15)7-13-4-5-16(18(24)8-13)21(27)25-3/h4-5,8-9,11,15H,6-7,10H2,1-3H3,(H,25,27)/t11-,15-/m0/s1. The van der Waals surface area contributed by atoms with Crippen LogP contribution in [0.1, 0.15) is 50.8 Å². The highest BCUT2D eigenvalue weighted by Gasteiger charge is 2.40. The number of halogens is 2. The molecule has 2 heterocycles. The molecule has 1 N–H and O–H groups in total. The fraction of sp³-hybridized carbons (Fsp3) is 0.364. The number of benzene rings is 2. The van der Waals surface area contributed by atoms with Crippen molar-refractivity contribution in [2.75, 3.05) is 13.6 Å². The number of fused-ring (bicyclic) bond motifs is 3. The normalized spacial score (nSPS) is 20.2. The number of rotatable bonds is 3. The Hall–Kier alpha value is -2.60. The van der Waals surface area contributed by atoms with Gasteiger partial charge in [-0.15, -0.1) is 0 Å². The predicted octanol–water partition coefficient (Wildman–Crippen LogP) is 3.73. The number of ether oxygens (including phenoxy) is 1. The number of nitrogens with zero attached hydrogens (tertiary/aromatic N) is 1. The zero-order valence-corrected chi connectivity index (χ0v) is 17.3. The smallest absolute Gasteiger partial charge is 0.258 e. The monoisotopic (exact) mass is 416 g/mol. The van der Waals surface area contributed by atoms with Crippen LogP contribution in [0.4, 0.5) is 4.39 Å². The maximum Gasteiger partial charge on any atom is 0.258 e. The molecule has 2 aliphatic heterocycles. The number of amides is 2. The minimum Gasteiger partial charge on any atom is -0.486 e. The van der Waals surface area contributed by atoms with Crippen LogP contribution in [-0.4, -0.2) is 42.5 Å². The van der Waals surface area contributed by atoms with Gasteiger partial charge in [-0.05, 0) is 55.2 Å². The summed E-state index contributed by atoms with van der Waals surface area (Å²) in [4.78, 5) is 26.6.